The topological polar surface area (TPSA) is 57.7 Å². The summed E-state index contributed by atoms with van der Waals surface area (Å²) >= 11 is 0. The summed E-state index contributed by atoms with van der Waals surface area (Å²) < 4.78 is 26.9. The third kappa shape index (κ3) is 3.87. The fourth-order valence-electron chi connectivity index (χ4n) is 2.68. The minimum atomic E-state index is -3.47. The van der Waals surface area contributed by atoms with E-state index in [2.05, 4.69) is 0 Å². The molecule has 1 amide bonds. The number of nitrogens with zero attached hydrogens (tertiary/aromatic N) is 2. The molecule has 0 saturated carbocycles. The molecule has 1 aliphatic rings. The third-order valence-corrected chi connectivity index (χ3v) is 5.79. The lowest BCUT2D eigenvalue weighted by molar-refractivity contribution is -0.131. The quantitative estimate of drug-likeness (QED) is 0.851. The second-order valence-electron chi connectivity index (χ2n) is 5.70. The van der Waals surface area contributed by atoms with Crippen LogP contribution in [0.15, 0.2) is 29.2 Å². The Morgan fingerprint density at radius 1 is 1.18 bits per heavy atom. The first-order valence-electron chi connectivity index (χ1n) is 7.79. The second-order valence-corrected chi connectivity index (χ2v) is 7.64. The van der Waals surface area contributed by atoms with Gasteiger partial charge in [-0.2, -0.15) is 4.31 Å². The summed E-state index contributed by atoms with van der Waals surface area (Å²) in [6.45, 7) is 5.80. The Bertz CT molecular complexity index is 628. The number of rotatable bonds is 4. The Morgan fingerprint density at radius 3 is 2.64 bits per heavy atom. The molecule has 6 heteroatoms. The van der Waals surface area contributed by atoms with Crippen LogP contribution >= 0.6 is 0 Å². The number of benzene rings is 1. The molecular formula is C16H24N2O3S. The van der Waals surface area contributed by atoms with Gasteiger partial charge in [-0.1, -0.05) is 19.1 Å². The van der Waals surface area contributed by atoms with Gasteiger partial charge in [0.05, 0.1) is 4.90 Å². The molecule has 1 aromatic rings. The Labute approximate surface area is 133 Å². The minimum absolute atomic E-state index is 0.123. The molecule has 1 heterocycles. The van der Waals surface area contributed by atoms with E-state index in [-0.39, 0.29) is 5.91 Å². The van der Waals surface area contributed by atoms with Crippen molar-refractivity contribution < 1.29 is 13.2 Å². The van der Waals surface area contributed by atoms with Gasteiger partial charge in [0.25, 0.3) is 0 Å². The number of hydrogen-bond donors (Lipinski definition) is 0. The first-order valence-corrected chi connectivity index (χ1v) is 9.23. The van der Waals surface area contributed by atoms with Gasteiger partial charge in [0.15, 0.2) is 0 Å². The van der Waals surface area contributed by atoms with Gasteiger partial charge < -0.3 is 4.90 Å². The van der Waals surface area contributed by atoms with E-state index in [0.29, 0.717) is 43.9 Å². The first kappa shape index (κ1) is 17.0. The monoisotopic (exact) mass is 324 g/mol. The van der Waals surface area contributed by atoms with E-state index in [9.17, 15) is 13.2 Å². The van der Waals surface area contributed by atoms with Crippen molar-refractivity contribution in [2.75, 3.05) is 26.2 Å². The lowest BCUT2D eigenvalue weighted by Gasteiger charge is -2.22. The zero-order valence-corrected chi connectivity index (χ0v) is 14.1. The van der Waals surface area contributed by atoms with E-state index in [0.717, 1.165) is 12.0 Å². The van der Waals surface area contributed by atoms with Crippen LogP contribution in [0.4, 0.5) is 0 Å². The molecule has 0 atom stereocenters. The molecule has 0 aromatic heterocycles. The van der Waals surface area contributed by atoms with Crippen LogP contribution in [0.25, 0.3) is 0 Å². The lowest BCUT2D eigenvalue weighted by atomic mass is 10.2. The normalized spacial score (nSPS) is 17.3. The maximum atomic E-state index is 12.7. The molecule has 1 saturated heterocycles. The van der Waals surface area contributed by atoms with Crippen molar-refractivity contribution in [1.82, 2.24) is 9.21 Å². The standard InChI is InChI=1S/C16H24N2O3S/c1-3-6-16(19)17-9-5-10-18(12-11-17)22(20,21)15-8-4-7-14(2)13-15/h4,7-8,13H,3,5-6,9-12H2,1-2H3. The molecule has 22 heavy (non-hydrogen) atoms. The largest absolute Gasteiger partial charge is 0.341 e. The minimum Gasteiger partial charge on any atom is -0.341 e. The van der Waals surface area contributed by atoms with Gasteiger partial charge in [0, 0.05) is 32.6 Å². The molecule has 0 N–H and O–H groups in total. The molecule has 1 fully saturated rings. The van der Waals surface area contributed by atoms with Gasteiger partial charge in [-0.15, -0.1) is 0 Å². The van der Waals surface area contributed by atoms with E-state index in [1.165, 1.54) is 4.31 Å². The number of aryl methyl sites for hydroxylation is 1. The maximum absolute atomic E-state index is 12.7. The summed E-state index contributed by atoms with van der Waals surface area (Å²) in [5.74, 6) is 0.123. The fourth-order valence-corrected chi connectivity index (χ4v) is 4.26. The van der Waals surface area contributed by atoms with Crippen molar-refractivity contribution >= 4 is 15.9 Å². The van der Waals surface area contributed by atoms with Crippen LogP contribution in [0.1, 0.15) is 31.7 Å². The third-order valence-electron chi connectivity index (χ3n) is 3.90. The van der Waals surface area contributed by atoms with E-state index < -0.39 is 10.0 Å². The molecular weight excluding hydrogens is 300 g/mol. The Kier molecular flexibility index (Phi) is 5.58. The summed E-state index contributed by atoms with van der Waals surface area (Å²) in [6, 6.07) is 6.97. The molecule has 0 spiro atoms. The van der Waals surface area contributed by atoms with Crippen LogP contribution < -0.4 is 0 Å². The van der Waals surface area contributed by atoms with Crippen molar-refractivity contribution in [2.45, 2.75) is 38.0 Å². The van der Waals surface area contributed by atoms with Crippen molar-refractivity contribution in [2.24, 2.45) is 0 Å². The molecule has 0 unspecified atom stereocenters. The maximum Gasteiger partial charge on any atom is 0.243 e. The van der Waals surface area contributed by atoms with Gasteiger partial charge in [-0.3, -0.25) is 4.79 Å². The molecule has 0 radical (unpaired) electrons. The summed E-state index contributed by atoms with van der Waals surface area (Å²) in [5, 5.41) is 0. The van der Waals surface area contributed by atoms with Crippen LogP contribution in [-0.2, 0) is 14.8 Å². The predicted octanol–water partition coefficient (Wildman–Crippen LogP) is 2.02. The highest BCUT2D eigenvalue weighted by Crippen LogP contribution is 2.19. The summed E-state index contributed by atoms with van der Waals surface area (Å²) in [5.41, 5.74) is 0.927. The van der Waals surface area contributed by atoms with Gasteiger partial charge >= 0.3 is 0 Å². The van der Waals surface area contributed by atoms with Gasteiger partial charge in [0.1, 0.15) is 0 Å². The summed E-state index contributed by atoms with van der Waals surface area (Å²) in [4.78, 5) is 14.1. The SMILES string of the molecule is CCCC(=O)N1CCCN(S(=O)(=O)c2cccc(C)c2)CC1. The van der Waals surface area contributed by atoms with Gasteiger partial charge in [-0.25, -0.2) is 8.42 Å². The lowest BCUT2D eigenvalue weighted by Crippen LogP contribution is -2.37. The van der Waals surface area contributed by atoms with Crippen LogP contribution in [0.5, 0.6) is 0 Å². The first-order chi connectivity index (χ1) is 10.4. The van der Waals surface area contributed by atoms with E-state index >= 15 is 0 Å². The number of sulfonamides is 1. The van der Waals surface area contributed by atoms with Gasteiger partial charge in [-0.05, 0) is 37.5 Å². The highest BCUT2D eigenvalue weighted by Gasteiger charge is 2.27. The zero-order valence-electron chi connectivity index (χ0n) is 13.3. The van der Waals surface area contributed by atoms with E-state index in [1.807, 2.05) is 19.9 Å². The molecule has 2 rings (SSSR count). The fraction of sp³-hybridized carbons (Fsp3) is 0.562. The smallest absolute Gasteiger partial charge is 0.243 e. The summed E-state index contributed by atoms with van der Waals surface area (Å²) in [7, 11) is -3.47. The van der Waals surface area contributed by atoms with E-state index in [1.54, 1.807) is 23.1 Å². The molecule has 5 nitrogen and oxygen atoms in total. The molecule has 1 aliphatic heterocycles. The average molecular weight is 324 g/mol. The van der Waals surface area contributed by atoms with Crippen molar-refractivity contribution in [3.8, 4) is 0 Å². The number of amides is 1. The molecule has 0 bridgehead atoms. The molecule has 122 valence electrons. The summed E-state index contributed by atoms with van der Waals surface area (Å²) in [6.07, 6.45) is 2.03. The van der Waals surface area contributed by atoms with E-state index in [4.69, 9.17) is 0 Å². The second kappa shape index (κ2) is 7.24. The van der Waals surface area contributed by atoms with Gasteiger partial charge in [0.2, 0.25) is 15.9 Å². The number of hydrogen-bond acceptors (Lipinski definition) is 3. The van der Waals surface area contributed by atoms with Crippen molar-refractivity contribution in [1.29, 1.82) is 0 Å². The van der Waals surface area contributed by atoms with Crippen LogP contribution in [0, 0.1) is 6.92 Å². The highest BCUT2D eigenvalue weighted by molar-refractivity contribution is 7.89. The van der Waals surface area contributed by atoms with Crippen LogP contribution in [0.3, 0.4) is 0 Å². The molecule has 1 aromatic carbocycles. The van der Waals surface area contributed by atoms with Crippen molar-refractivity contribution in [3.63, 3.8) is 0 Å². The number of carbonyl (C=O) groups excluding carboxylic acids is 1. The van der Waals surface area contributed by atoms with Crippen molar-refractivity contribution in [3.05, 3.63) is 29.8 Å². The Hall–Kier alpha value is -1.40. The number of carbonyl (C=O) groups is 1. The Morgan fingerprint density at radius 2 is 1.95 bits per heavy atom. The highest BCUT2D eigenvalue weighted by atomic mass is 32.2. The predicted molar refractivity (Wildman–Crippen MR) is 86.0 cm³/mol. The molecule has 0 aliphatic carbocycles. The average Bonchev–Trinajstić information content (AvgIpc) is 2.74. The van der Waals surface area contributed by atoms with Crippen LogP contribution in [-0.4, -0.2) is 49.7 Å². The zero-order chi connectivity index (χ0) is 16.2. The Balaban J connectivity index is 2.12. The van der Waals surface area contributed by atoms with Crippen LogP contribution in [0.2, 0.25) is 0 Å².